The minimum atomic E-state index is 0.271. The molecule has 0 saturated carbocycles. The third-order valence-electron chi connectivity index (χ3n) is 4.87. The highest BCUT2D eigenvalue weighted by Gasteiger charge is 2.33. The Morgan fingerprint density at radius 3 is 2.70 bits per heavy atom. The highest BCUT2D eigenvalue weighted by atomic mass is 15.2. The van der Waals surface area contributed by atoms with Crippen LogP contribution in [0.5, 0.6) is 0 Å². The van der Waals surface area contributed by atoms with E-state index < -0.39 is 0 Å². The van der Waals surface area contributed by atoms with E-state index in [0.717, 1.165) is 19.6 Å². The van der Waals surface area contributed by atoms with Crippen molar-refractivity contribution in [3.63, 3.8) is 0 Å². The number of hydrogen-bond donors (Lipinski definition) is 1. The molecule has 1 aromatic carbocycles. The van der Waals surface area contributed by atoms with Crippen LogP contribution in [0.25, 0.3) is 0 Å². The van der Waals surface area contributed by atoms with E-state index in [0.29, 0.717) is 6.04 Å². The van der Waals surface area contributed by atoms with E-state index in [2.05, 4.69) is 62.2 Å². The van der Waals surface area contributed by atoms with Gasteiger partial charge in [0.05, 0.1) is 0 Å². The van der Waals surface area contributed by atoms with Crippen molar-refractivity contribution in [1.29, 1.82) is 0 Å². The molecule has 0 aliphatic carbocycles. The summed E-state index contributed by atoms with van der Waals surface area (Å²) in [6, 6.07) is 9.49. The molecule has 0 bridgehead atoms. The molecule has 1 N–H and O–H groups in total. The summed E-state index contributed by atoms with van der Waals surface area (Å²) >= 11 is 0. The zero-order valence-electron chi connectivity index (χ0n) is 13.6. The van der Waals surface area contributed by atoms with Gasteiger partial charge in [-0.1, -0.05) is 44.5 Å². The zero-order valence-corrected chi connectivity index (χ0v) is 13.6. The molecule has 2 heteroatoms. The molecular formula is C18H30N2. The molecule has 20 heavy (non-hydrogen) atoms. The Morgan fingerprint density at radius 2 is 2.05 bits per heavy atom. The van der Waals surface area contributed by atoms with Crippen molar-refractivity contribution < 1.29 is 0 Å². The molecule has 2 atom stereocenters. The normalized spacial score (nSPS) is 27.7. The molecule has 2 nitrogen and oxygen atoms in total. The lowest BCUT2D eigenvalue weighted by molar-refractivity contribution is 0.0724. The zero-order chi connectivity index (χ0) is 14.6. The summed E-state index contributed by atoms with van der Waals surface area (Å²) in [7, 11) is 0. The van der Waals surface area contributed by atoms with Crippen LogP contribution < -0.4 is 5.32 Å². The van der Waals surface area contributed by atoms with E-state index >= 15 is 0 Å². The first-order chi connectivity index (χ1) is 9.58. The maximum Gasteiger partial charge on any atom is 0.0278 e. The van der Waals surface area contributed by atoms with Gasteiger partial charge in [-0.2, -0.15) is 0 Å². The van der Waals surface area contributed by atoms with Crippen LogP contribution in [-0.4, -0.2) is 29.6 Å². The van der Waals surface area contributed by atoms with Gasteiger partial charge in [-0.15, -0.1) is 0 Å². The van der Waals surface area contributed by atoms with Crippen LogP contribution in [0.1, 0.15) is 51.2 Å². The summed E-state index contributed by atoms with van der Waals surface area (Å²) in [6.07, 6.45) is 3.74. The van der Waals surface area contributed by atoms with Crippen LogP contribution in [0.2, 0.25) is 0 Å². The molecule has 0 amide bonds. The predicted molar refractivity (Wildman–Crippen MR) is 87.0 cm³/mol. The standard InChI is InChI=1S/C18H30N2/c1-5-9-17-12-19-18(4,6-2)14-20(17)13-16-11-8-7-10-15(16)3/h7-8,10-11,17,19H,5-6,9,12-14H2,1-4H3. The third kappa shape index (κ3) is 3.62. The number of piperazine rings is 1. The number of hydrogen-bond acceptors (Lipinski definition) is 2. The van der Waals surface area contributed by atoms with Crippen molar-refractivity contribution >= 4 is 0 Å². The second kappa shape index (κ2) is 6.73. The van der Waals surface area contributed by atoms with Gasteiger partial charge in [-0.25, -0.2) is 0 Å². The van der Waals surface area contributed by atoms with Gasteiger partial charge in [0.2, 0.25) is 0 Å². The molecule has 112 valence electrons. The van der Waals surface area contributed by atoms with Crippen LogP contribution in [0.4, 0.5) is 0 Å². The fraction of sp³-hybridized carbons (Fsp3) is 0.667. The first-order valence-electron chi connectivity index (χ1n) is 8.11. The average Bonchev–Trinajstić information content (AvgIpc) is 2.45. The third-order valence-corrected chi connectivity index (χ3v) is 4.87. The smallest absolute Gasteiger partial charge is 0.0278 e. The minimum Gasteiger partial charge on any atom is -0.309 e. The fourth-order valence-corrected chi connectivity index (χ4v) is 3.17. The van der Waals surface area contributed by atoms with Crippen molar-refractivity contribution in [2.45, 2.75) is 65.1 Å². The van der Waals surface area contributed by atoms with Crippen LogP contribution >= 0.6 is 0 Å². The van der Waals surface area contributed by atoms with Crippen molar-refractivity contribution in [3.05, 3.63) is 35.4 Å². The van der Waals surface area contributed by atoms with Crippen molar-refractivity contribution in [3.8, 4) is 0 Å². The molecule has 1 heterocycles. The van der Waals surface area contributed by atoms with E-state index in [-0.39, 0.29) is 5.54 Å². The minimum absolute atomic E-state index is 0.271. The Balaban J connectivity index is 2.13. The van der Waals surface area contributed by atoms with Gasteiger partial charge in [0.25, 0.3) is 0 Å². The fourth-order valence-electron chi connectivity index (χ4n) is 3.17. The van der Waals surface area contributed by atoms with Gasteiger partial charge < -0.3 is 5.32 Å². The van der Waals surface area contributed by atoms with Crippen LogP contribution in [0.15, 0.2) is 24.3 Å². The summed E-state index contributed by atoms with van der Waals surface area (Å²) in [5, 5.41) is 3.77. The molecule has 1 fully saturated rings. The van der Waals surface area contributed by atoms with Gasteiger partial charge in [0.15, 0.2) is 0 Å². The summed E-state index contributed by atoms with van der Waals surface area (Å²) < 4.78 is 0. The van der Waals surface area contributed by atoms with Gasteiger partial charge in [-0.05, 0) is 37.8 Å². The molecule has 1 aliphatic heterocycles. The number of nitrogens with one attached hydrogen (secondary N) is 1. The number of rotatable bonds is 5. The van der Waals surface area contributed by atoms with Crippen molar-refractivity contribution in [2.24, 2.45) is 0 Å². The van der Waals surface area contributed by atoms with Gasteiger partial charge >= 0.3 is 0 Å². The SMILES string of the molecule is CCCC1CNC(C)(CC)CN1Cc1ccccc1C. The summed E-state index contributed by atoms with van der Waals surface area (Å²) in [5.74, 6) is 0. The average molecular weight is 274 g/mol. The van der Waals surface area contributed by atoms with E-state index in [4.69, 9.17) is 0 Å². The topological polar surface area (TPSA) is 15.3 Å². The van der Waals surface area contributed by atoms with E-state index in [9.17, 15) is 0 Å². The Hall–Kier alpha value is -0.860. The maximum atomic E-state index is 3.77. The quantitative estimate of drug-likeness (QED) is 0.880. The van der Waals surface area contributed by atoms with E-state index in [1.165, 1.54) is 30.4 Å². The Bertz CT molecular complexity index is 429. The van der Waals surface area contributed by atoms with Crippen LogP contribution in [0, 0.1) is 6.92 Å². The van der Waals surface area contributed by atoms with Crippen molar-refractivity contribution in [2.75, 3.05) is 13.1 Å². The molecule has 2 unspecified atom stereocenters. The van der Waals surface area contributed by atoms with E-state index in [1.54, 1.807) is 0 Å². The predicted octanol–water partition coefficient (Wildman–Crippen LogP) is 3.74. The second-order valence-electron chi connectivity index (χ2n) is 6.57. The summed E-state index contributed by atoms with van der Waals surface area (Å²) in [4.78, 5) is 2.70. The number of aryl methyl sites for hydroxylation is 1. The summed E-state index contributed by atoms with van der Waals surface area (Å²) in [5.41, 5.74) is 3.17. The summed E-state index contributed by atoms with van der Waals surface area (Å²) in [6.45, 7) is 12.5. The Labute approximate surface area is 124 Å². The first-order valence-corrected chi connectivity index (χ1v) is 8.11. The molecular weight excluding hydrogens is 244 g/mol. The second-order valence-corrected chi connectivity index (χ2v) is 6.57. The van der Waals surface area contributed by atoms with Gasteiger partial charge in [0, 0.05) is 31.2 Å². The first kappa shape index (κ1) is 15.5. The lowest BCUT2D eigenvalue weighted by Gasteiger charge is -2.46. The molecule has 0 spiro atoms. The van der Waals surface area contributed by atoms with Gasteiger partial charge in [-0.3, -0.25) is 4.90 Å². The van der Waals surface area contributed by atoms with E-state index in [1.807, 2.05) is 0 Å². The Kier molecular flexibility index (Phi) is 5.22. The van der Waals surface area contributed by atoms with Crippen molar-refractivity contribution in [1.82, 2.24) is 10.2 Å². The lowest BCUT2D eigenvalue weighted by atomic mass is 9.91. The largest absolute Gasteiger partial charge is 0.309 e. The molecule has 0 radical (unpaired) electrons. The maximum absolute atomic E-state index is 3.77. The molecule has 1 aliphatic rings. The number of benzene rings is 1. The van der Waals surface area contributed by atoms with Crippen LogP contribution in [0.3, 0.4) is 0 Å². The molecule has 0 aromatic heterocycles. The monoisotopic (exact) mass is 274 g/mol. The highest BCUT2D eigenvalue weighted by molar-refractivity contribution is 5.25. The molecule has 1 saturated heterocycles. The van der Waals surface area contributed by atoms with Gasteiger partial charge in [0.1, 0.15) is 0 Å². The molecule has 1 aromatic rings. The Morgan fingerprint density at radius 1 is 1.30 bits per heavy atom. The molecule has 2 rings (SSSR count). The van der Waals surface area contributed by atoms with Crippen LogP contribution in [-0.2, 0) is 6.54 Å². The lowest BCUT2D eigenvalue weighted by Crippen LogP contribution is -2.62. The highest BCUT2D eigenvalue weighted by Crippen LogP contribution is 2.24. The number of nitrogens with zero attached hydrogens (tertiary/aromatic N) is 1.